The van der Waals surface area contributed by atoms with Gasteiger partial charge in [0.2, 0.25) is 5.91 Å². The lowest BCUT2D eigenvalue weighted by Crippen LogP contribution is -2.49. The van der Waals surface area contributed by atoms with Gasteiger partial charge in [0.1, 0.15) is 12.4 Å². The van der Waals surface area contributed by atoms with Crippen LogP contribution in [-0.2, 0) is 11.3 Å². The fourth-order valence-corrected chi connectivity index (χ4v) is 4.30. The van der Waals surface area contributed by atoms with Crippen LogP contribution in [0.3, 0.4) is 0 Å². The molecule has 2 heterocycles. The van der Waals surface area contributed by atoms with E-state index in [4.69, 9.17) is 0 Å². The average Bonchev–Trinajstić information content (AvgIpc) is 3.30. The lowest BCUT2D eigenvalue weighted by molar-refractivity contribution is -0.384. The van der Waals surface area contributed by atoms with Crippen LogP contribution in [-0.4, -0.2) is 50.2 Å². The Kier molecular flexibility index (Phi) is 6.45. The molecular weight excluding hydrogens is 439 g/mol. The number of nitro benzene ring substituents is 1. The smallest absolute Gasteiger partial charge is 0.269 e. The van der Waals surface area contributed by atoms with Gasteiger partial charge in [-0.25, -0.2) is 4.39 Å². The van der Waals surface area contributed by atoms with Gasteiger partial charge in [0, 0.05) is 48.7 Å². The first kappa shape index (κ1) is 23.2. The van der Waals surface area contributed by atoms with E-state index in [-0.39, 0.29) is 41.5 Å². The Labute approximate surface area is 196 Å². The number of carbonyl (C=O) groups is 2. The minimum atomic E-state index is -0.531. The van der Waals surface area contributed by atoms with Crippen LogP contribution < -0.4 is 0 Å². The predicted octanol–water partition coefficient (Wildman–Crippen LogP) is 4.02. The Balaban J connectivity index is 1.61. The van der Waals surface area contributed by atoms with Gasteiger partial charge in [0.25, 0.3) is 11.6 Å². The summed E-state index contributed by atoms with van der Waals surface area (Å²) in [5.74, 6) is -1.03. The summed E-state index contributed by atoms with van der Waals surface area (Å²) in [5.41, 5.74) is 1.69. The van der Waals surface area contributed by atoms with Gasteiger partial charge >= 0.3 is 0 Å². The zero-order chi connectivity index (χ0) is 24.4. The molecule has 0 N–H and O–H groups in total. The molecule has 2 aromatic carbocycles. The van der Waals surface area contributed by atoms with E-state index < -0.39 is 11.0 Å². The van der Waals surface area contributed by atoms with Crippen LogP contribution in [0.2, 0.25) is 0 Å². The summed E-state index contributed by atoms with van der Waals surface area (Å²) in [4.78, 5) is 40.2. The number of non-ortho nitro benzene ring substituents is 1. The predicted molar refractivity (Wildman–Crippen MR) is 124 cm³/mol. The maximum atomic E-state index is 14.0. The van der Waals surface area contributed by atoms with Crippen molar-refractivity contribution in [3.63, 3.8) is 0 Å². The van der Waals surface area contributed by atoms with E-state index in [2.05, 4.69) is 0 Å². The van der Waals surface area contributed by atoms with Crippen LogP contribution in [0.5, 0.6) is 0 Å². The van der Waals surface area contributed by atoms with Gasteiger partial charge in [-0.1, -0.05) is 12.1 Å². The highest BCUT2D eigenvalue weighted by molar-refractivity contribution is 5.97. The van der Waals surface area contributed by atoms with Crippen molar-refractivity contribution in [2.75, 3.05) is 13.1 Å². The van der Waals surface area contributed by atoms with Gasteiger partial charge in [0.15, 0.2) is 0 Å². The molecule has 1 atom stereocenters. The van der Waals surface area contributed by atoms with E-state index in [1.807, 2.05) is 36.7 Å². The van der Waals surface area contributed by atoms with Crippen LogP contribution in [0.1, 0.15) is 41.5 Å². The van der Waals surface area contributed by atoms with Crippen LogP contribution in [0.4, 0.5) is 10.1 Å². The standard InChI is InChI=1S/C25H25FN4O4/c1-17(2)29(25(32)18-8-10-21(11-9-18)30(33)34)16-23(31)28-14-13-27-12-4-7-22(27)24(28)19-5-3-6-20(26)15-19/h3-12,15,17,24H,13-14,16H2,1-2H3. The highest BCUT2D eigenvalue weighted by atomic mass is 19.1. The van der Waals surface area contributed by atoms with Crippen LogP contribution in [0, 0.1) is 15.9 Å². The molecule has 0 spiro atoms. The number of hydrogen-bond donors (Lipinski definition) is 0. The molecule has 0 radical (unpaired) electrons. The van der Waals surface area contributed by atoms with Crippen LogP contribution in [0.15, 0.2) is 66.9 Å². The maximum absolute atomic E-state index is 14.0. The van der Waals surface area contributed by atoms with Gasteiger partial charge in [0.05, 0.1) is 11.0 Å². The number of nitro groups is 1. The molecule has 1 unspecified atom stereocenters. The topological polar surface area (TPSA) is 88.7 Å². The molecule has 8 nitrogen and oxygen atoms in total. The summed E-state index contributed by atoms with van der Waals surface area (Å²) in [6, 6.07) is 14.6. The second-order valence-corrected chi connectivity index (χ2v) is 8.50. The van der Waals surface area contributed by atoms with E-state index in [0.29, 0.717) is 18.7 Å². The van der Waals surface area contributed by atoms with E-state index in [9.17, 15) is 24.1 Å². The summed E-state index contributed by atoms with van der Waals surface area (Å²) in [6.45, 7) is 4.46. The lowest BCUT2D eigenvalue weighted by atomic mass is 9.99. The molecule has 0 bridgehead atoms. The molecule has 0 saturated carbocycles. The van der Waals surface area contributed by atoms with Crippen molar-refractivity contribution in [1.82, 2.24) is 14.4 Å². The van der Waals surface area contributed by atoms with Crippen LogP contribution in [0.25, 0.3) is 0 Å². The SMILES string of the molecule is CC(C)N(CC(=O)N1CCn2cccc2C1c1cccc(F)c1)C(=O)c1ccc([N+](=O)[O-])cc1. The molecule has 0 saturated heterocycles. The molecule has 4 rings (SSSR count). The average molecular weight is 464 g/mol. The molecule has 1 aliphatic rings. The Morgan fingerprint density at radius 2 is 1.85 bits per heavy atom. The van der Waals surface area contributed by atoms with Crippen molar-refractivity contribution in [3.05, 3.63) is 99.6 Å². The summed E-state index contributed by atoms with van der Waals surface area (Å²) < 4.78 is 16.1. The van der Waals surface area contributed by atoms with Gasteiger partial charge in [-0.05, 0) is 55.8 Å². The van der Waals surface area contributed by atoms with Crippen molar-refractivity contribution in [1.29, 1.82) is 0 Å². The Hall–Kier alpha value is -4.01. The molecule has 0 aliphatic carbocycles. The number of nitrogens with zero attached hydrogens (tertiary/aromatic N) is 4. The number of hydrogen-bond acceptors (Lipinski definition) is 4. The largest absolute Gasteiger partial charge is 0.348 e. The van der Waals surface area contributed by atoms with Crippen LogP contribution >= 0.6 is 0 Å². The van der Waals surface area contributed by atoms with Crippen molar-refractivity contribution in [2.24, 2.45) is 0 Å². The fourth-order valence-electron chi connectivity index (χ4n) is 4.30. The fraction of sp³-hybridized carbons (Fsp3) is 0.280. The second-order valence-electron chi connectivity index (χ2n) is 8.50. The van der Waals surface area contributed by atoms with Gasteiger partial charge in [-0.3, -0.25) is 19.7 Å². The zero-order valence-corrected chi connectivity index (χ0v) is 18.9. The second kappa shape index (κ2) is 9.46. The molecular formula is C25H25FN4O4. The molecule has 9 heteroatoms. The van der Waals surface area contributed by atoms with Gasteiger partial charge in [-0.15, -0.1) is 0 Å². The first-order chi connectivity index (χ1) is 16.3. The van der Waals surface area contributed by atoms with E-state index in [1.165, 1.54) is 41.3 Å². The first-order valence-electron chi connectivity index (χ1n) is 11.0. The quantitative estimate of drug-likeness (QED) is 0.407. The van der Waals surface area contributed by atoms with E-state index in [1.54, 1.807) is 17.0 Å². The molecule has 176 valence electrons. The molecule has 0 fully saturated rings. The van der Waals surface area contributed by atoms with Crippen molar-refractivity contribution >= 4 is 17.5 Å². The van der Waals surface area contributed by atoms with Gasteiger partial charge in [-0.2, -0.15) is 0 Å². The minimum Gasteiger partial charge on any atom is -0.348 e. The first-order valence-corrected chi connectivity index (χ1v) is 11.0. The third-order valence-electron chi connectivity index (χ3n) is 6.04. The summed E-state index contributed by atoms with van der Waals surface area (Å²) in [7, 11) is 0. The number of aromatic nitrogens is 1. The number of fused-ring (bicyclic) bond motifs is 1. The van der Waals surface area contributed by atoms with E-state index >= 15 is 0 Å². The number of carbonyl (C=O) groups excluding carboxylic acids is 2. The normalized spacial score (nSPS) is 15.2. The molecule has 34 heavy (non-hydrogen) atoms. The number of amides is 2. The third kappa shape index (κ3) is 4.54. The van der Waals surface area contributed by atoms with Crippen molar-refractivity contribution < 1.29 is 18.9 Å². The van der Waals surface area contributed by atoms with Crippen molar-refractivity contribution in [2.45, 2.75) is 32.5 Å². The van der Waals surface area contributed by atoms with Gasteiger partial charge < -0.3 is 14.4 Å². The third-order valence-corrected chi connectivity index (χ3v) is 6.04. The minimum absolute atomic E-state index is 0.113. The summed E-state index contributed by atoms with van der Waals surface area (Å²) in [5, 5.41) is 10.9. The maximum Gasteiger partial charge on any atom is 0.269 e. The molecule has 3 aromatic rings. The Bertz CT molecular complexity index is 1220. The number of rotatable bonds is 6. The van der Waals surface area contributed by atoms with Crippen molar-refractivity contribution in [3.8, 4) is 0 Å². The Morgan fingerprint density at radius 3 is 2.50 bits per heavy atom. The number of halogens is 1. The molecule has 2 amide bonds. The molecule has 1 aromatic heterocycles. The summed E-state index contributed by atoms with van der Waals surface area (Å²) in [6.07, 6.45) is 1.93. The zero-order valence-electron chi connectivity index (χ0n) is 18.9. The highest BCUT2D eigenvalue weighted by Gasteiger charge is 2.34. The van der Waals surface area contributed by atoms with E-state index in [0.717, 1.165) is 5.69 Å². The monoisotopic (exact) mass is 464 g/mol. The number of benzene rings is 2. The lowest BCUT2D eigenvalue weighted by Gasteiger charge is -2.39. The highest BCUT2D eigenvalue weighted by Crippen LogP contribution is 2.33. The summed E-state index contributed by atoms with van der Waals surface area (Å²) >= 11 is 0. The Morgan fingerprint density at radius 1 is 1.12 bits per heavy atom. The molecule has 1 aliphatic heterocycles.